The van der Waals surface area contributed by atoms with Crippen molar-refractivity contribution in [2.24, 2.45) is 0 Å². The van der Waals surface area contributed by atoms with Gasteiger partial charge >= 0.3 is 5.97 Å². The molecule has 0 radical (unpaired) electrons. The van der Waals surface area contributed by atoms with Gasteiger partial charge in [0.1, 0.15) is 11.4 Å². The number of aromatic nitrogens is 4. The number of nitrogens with zero attached hydrogens (tertiary/aromatic N) is 5. The third kappa shape index (κ3) is 4.13. The number of nitrogens with one attached hydrogen (secondary N) is 1. The van der Waals surface area contributed by atoms with E-state index >= 15 is 0 Å². The van der Waals surface area contributed by atoms with Gasteiger partial charge in [0.2, 0.25) is 0 Å². The third-order valence-electron chi connectivity index (χ3n) is 4.91. The number of aromatic amines is 1. The zero-order chi connectivity index (χ0) is 25.3. The molecular weight excluding hydrogens is 464 g/mol. The van der Waals surface area contributed by atoms with Crippen molar-refractivity contribution in [2.75, 3.05) is 0 Å². The van der Waals surface area contributed by atoms with Crippen molar-refractivity contribution in [2.45, 2.75) is 0 Å². The molecule has 0 bridgehead atoms. The van der Waals surface area contributed by atoms with E-state index in [-0.39, 0.29) is 34.2 Å². The lowest BCUT2D eigenvalue weighted by atomic mass is 10.1. The Morgan fingerprint density at radius 2 is 1.71 bits per heavy atom. The molecule has 0 unspecified atom stereocenters. The number of H-pyrrole nitrogens is 1. The molecule has 14 heteroatoms. The predicted molar refractivity (Wildman–Crippen MR) is 119 cm³/mol. The first kappa shape index (κ1) is 22.7. The fourth-order valence-corrected chi connectivity index (χ4v) is 3.36. The summed E-state index contributed by atoms with van der Waals surface area (Å²) in [7, 11) is 0. The highest BCUT2D eigenvalue weighted by molar-refractivity contribution is 5.87. The van der Waals surface area contributed by atoms with E-state index in [1.165, 1.54) is 30.3 Å². The molecule has 4 rings (SSSR count). The van der Waals surface area contributed by atoms with Crippen molar-refractivity contribution in [1.82, 2.24) is 19.5 Å². The highest BCUT2D eigenvalue weighted by atomic mass is 16.6. The highest BCUT2D eigenvalue weighted by Gasteiger charge is 2.24. The van der Waals surface area contributed by atoms with Gasteiger partial charge in [-0.15, -0.1) is 0 Å². The van der Waals surface area contributed by atoms with E-state index in [0.717, 1.165) is 35.2 Å². The number of carboxylic acids is 1. The van der Waals surface area contributed by atoms with E-state index in [4.69, 9.17) is 5.11 Å². The SMILES string of the molecule is O=C(O)c1cnc(-c2ccc([N+](=O)[O-])cc2-n2c(-c3ccccc3[N+](=O)[O-])nccc2=O)[nH]c1=O. The third-order valence-corrected chi connectivity index (χ3v) is 4.91. The van der Waals surface area contributed by atoms with Crippen LogP contribution in [0.1, 0.15) is 10.4 Å². The van der Waals surface area contributed by atoms with Gasteiger partial charge in [-0.25, -0.2) is 14.8 Å². The maximum absolute atomic E-state index is 13.0. The molecule has 0 saturated carbocycles. The Hall–Kier alpha value is -5.53. The second kappa shape index (κ2) is 8.78. The largest absolute Gasteiger partial charge is 0.477 e. The van der Waals surface area contributed by atoms with Crippen LogP contribution in [0.15, 0.2) is 70.5 Å². The smallest absolute Gasteiger partial charge is 0.342 e. The average Bonchev–Trinajstić information content (AvgIpc) is 2.83. The second-order valence-corrected chi connectivity index (χ2v) is 6.95. The summed E-state index contributed by atoms with van der Waals surface area (Å²) in [6.45, 7) is 0. The standard InChI is InChI=1S/C21H12N6O8/c28-17-7-8-22-19(13-3-1-2-4-15(13)27(34)35)25(17)16-9-11(26(32)33)5-6-12(16)18-23-10-14(21(30)31)20(29)24-18/h1-10H,(H,30,31)(H,23,24,29). The van der Waals surface area contributed by atoms with Crippen molar-refractivity contribution in [1.29, 1.82) is 0 Å². The fraction of sp³-hybridized carbons (Fsp3) is 0. The Balaban J connectivity index is 2.08. The molecule has 4 aromatic rings. The molecular formula is C21H12N6O8. The summed E-state index contributed by atoms with van der Waals surface area (Å²) in [6.07, 6.45) is 1.93. The molecule has 2 aromatic heterocycles. The fourth-order valence-electron chi connectivity index (χ4n) is 3.36. The van der Waals surface area contributed by atoms with Gasteiger partial charge in [0.05, 0.1) is 21.1 Å². The maximum atomic E-state index is 13.0. The summed E-state index contributed by atoms with van der Waals surface area (Å²) in [5.74, 6) is -1.92. The Bertz CT molecular complexity index is 1640. The minimum Gasteiger partial charge on any atom is -0.477 e. The number of aromatic carboxylic acids is 1. The van der Waals surface area contributed by atoms with Gasteiger partial charge in [0.25, 0.3) is 22.5 Å². The van der Waals surface area contributed by atoms with Gasteiger partial charge < -0.3 is 10.1 Å². The monoisotopic (exact) mass is 476 g/mol. The predicted octanol–water partition coefficient (Wildman–Crippen LogP) is 2.16. The number of carbonyl (C=O) groups is 1. The van der Waals surface area contributed by atoms with Crippen LogP contribution in [-0.2, 0) is 0 Å². The van der Waals surface area contributed by atoms with Crippen LogP contribution in [0.2, 0.25) is 0 Å². The highest BCUT2D eigenvalue weighted by Crippen LogP contribution is 2.33. The molecule has 0 saturated heterocycles. The molecule has 0 atom stereocenters. The lowest BCUT2D eigenvalue weighted by Gasteiger charge is -2.15. The number of nitro groups is 2. The van der Waals surface area contributed by atoms with Gasteiger partial charge in [-0.1, -0.05) is 12.1 Å². The Morgan fingerprint density at radius 3 is 2.37 bits per heavy atom. The molecule has 0 amide bonds. The molecule has 2 aromatic carbocycles. The molecule has 2 N–H and O–H groups in total. The van der Waals surface area contributed by atoms with Crippen LogP contribution in [-0.4, -0.2) is 40.4 Å². The average molecular weight is 476 g/mol. The number of non-ortho nitro benzene ring substituents is 1. The van der Waals surface area contributed by atoms with Crippen molar-refractivity contribution < 1.29 is 19.7 Å². The number of hydrogen-bond donors (Lipinski definition) is 2. The zero-order valence-electron chi connectivity index (χ0n) is 17.3. The van der Waals surface area contributed by atoms with E-state index in [1.54, 1.807) is 0 Å². The summed E-state index contributed by atoms with van der Waals surface area (Å²) >= 11 is 0. The molecule has 0 aliphatic rings. The summed E-state index contributed by atoms with van der Waals surface area (Å²) in [5.41, 5.74) is -3.40. The number of carboxylic acid groups (broad SMARTS) is 1. The van der Waals surface area contributed by atoms with E-state index < -0.39 is 38.2 Å². The number of para-hydroxylation sites is 1. The van der Waals surface area contributed by atoms with Crippen molar-refractivity contribution in [3.63, 3.8) is 0 Å². The molecule has 0 aliphatic carbocycles. The molecule has 0 aliphatic heterocycles. The van der Waals surface area contributed by atoms with Gasteiger partial charge in [0.15, 0.2) is 5.82 Å². The number of nitro benzene ring substituents is 2. The van der Waals surface area contributed by atoms with Gasteiger partial charge in [-0.3, -0.25) is 34.4 Å². The first-order chi connectivity index (χ1) is 16.7. The summed E-state index contributed by atoms with van der Waals surface area (Å²) < 4.78 is 0.912. The minimum atomic E-state index is -1.52. The summed E-state index contributed by atoms with van der Waals surface area (Å²) in [6, 6.07) is 9.83. The normalized spacial score (nSPS) is 10.6. The summed E-state index contributed by atoms with van der Waals surface area (Å²) in [5, 5.41) is 32.1. The van der Waals surface area contributed by atoms with E-state index in [0.29, 0.717) is 0 Å². The van der Waals surface area contributed by atoms with E-state index in [2.05, 4.69) is 15.0 Å². The van der Waals surface area contributed by atoms with Crippen LogP contribution in [0.25, 0.3) is 28.5 Å². The van der Waals surface area contributed by atoms with Crippen molar-refractivity contribution >= 4 is 17.3 Å². The molecule has 2 heterocycles. The van der Waals surface area contributed by atoms with Gasteiger partial charge in [0, 0.05) is 42.2 Å². The van der Waals surface area contributed by atoms with Crippen LogP contribution in [0.5, 0.6) is 0 Å². The van der Waals surface area contributed by atoms with Crippen LogP contribution in [0.3, 0.4) is 0 Å². The topological polar surface area (TPSA) is 204 Å². The van der Waals surface area contributed by atoms with Crippen LogP contribution < -0.4 is 11.1 Å². The lowest BCUT2D eigenvalue weighted by molar-refractivity contribution is -0.384. The van der Waals surface area contributed by atoms with Crippen LogP contribution in [0, 0.1) is 20.2 Å². The first-order valence-corrected chi connectivity index (χ1v) is 9.62. The number of hydrogen-bond acceptors (Lipinski definition) is 9. The maximum Gasteiger partial charge on any atom is 0.342 e. The second-order valence-electron chi connectivity index (χ2n) is 6.95. The minimum absolute atomic E-state index is 0.000395. The Morgan fingerprint density at radius 1 is 0.971 bits per heavy atom. The molecule has 0 fully saturated rings. The van der Waals surface area contributed by atoms with E-state index in [9.17, 15) is 34.6 Å². The van der Waals surface area contributed by atoms with Crippen molar-refractivity contribution in [3.05, 3.63) is 107 Å². The Labute approximate surface area is 193 Å². The lowest BCUT2D eigenvalue weighted by Crippen LogP contribution is -2.22. The first-order valence-electron chi connectivity index (χ1n) is 9.62. The molecule has 14 nitrogen and oxygen atoms in total. The zero-order valence-corrected chi connectivity index (χ0v) is 17.3. The summed E-state index contributed by atoms with van der Waals surface area (Å²) in [4.78, 5) is 68.3. The molecule has 0 spiro atoms. The Kier molecular flexibility index (Phi) is 5.68. The van der Waals surface area contributed by atoms with Crippen LogP contribution in [0.4, 0.5) is 11.4 Å². The molecule has 174 valence electrons. The number of rotatable bonds is 6. The number of benzene rings is 2. The van der Waals surface area contributed by atoms with Crippen LogP contribution >= 0.6 is 0 Å². The van der Waals surface area contributed by atoms with Crippen molar-refractivity contribution in [3.8, 4) is 28.5 Å². The van der Waals surface area contributed by atoms with E-state index in [1.807, 2.05) is 0 Å². The van der Waals surface area contributed by atoms with Gasteiger partial charge in [-0.05, 0) is 12.1 Å². The quantitative estimate of drug-likeness (QED) is 0.306. The molecule has 35 heavy (non-hydrogen) atoms. The van der Waals surface area contributed by atoms with Gasteiger partial charge in [-0.2, -0.15) is 0 Å².